The van der Waals surface area contributed by atoms with E-state index in [4.69, 9.17) is 0 Å². The van der Waals surface area contributed by atoms with Gasteiger partial charge in [0, 0.05) is 11.1 Å². The fraction of sp³-hybridized carbons (Fsp3) is 0.429. The van der Waals surface area contributed by atoms with Crippen LogP contribution in [0.1, 0.15) is 37.2 Å². The van der Waals surface area contributed by atoms with E-state index in [0.29, 0.717) is 0 Å². The van der Waals surface area contributed by atoms with Crippen molar-refractivity contribution < 1.29 is 0 Å². The van der Waals surface area contributed by atoms with E-state index in [1.165, 1.54) is 4.88 Å². The Kier molecular flexibility index (Phi) is 4.79. The molecule has 0 bridgehead atoms. The van der Waals surface area contributed by atoms with Crippen molar-refractivity contribution in [2.24, 2.45) is 0 Å². The van der Waals surface area contributed by atoms with E-state index in [1.54, 1.807) is 11.3 Å². The largest absolute Gasteiger partial charge is 0.310 e. The van der Waals surface area contributed by atoms with Crippen molar-refractivity contribution in [3.63, 3.8) is 0 Å². The lowest BCUT2D eigenvalue weighted by molar-refractivity contribution is 0.819. The third-order valence-electron chi connectivity index (χ3n) is 2.79. The molecule has 5 nitrogen and oxygen atoms in total. The lowest BCUT2D eigenvalue weighted by Gasteiger charge is -2.03. The number of imidazole rings is 1. The summed E-state index contributed by atoms with van der Waals surface area (Å²) in [6.45, 7) is 8.77. The van der Waals surface area contributed by atoms with Crippen molar-refractivity contribution in [2.45, 2.75) is 40.7 Å². The molecule has 3 aromatic rings. The Bertz CT molecular complexity index is 672. The Labute approximate surface area is 122 Å². The van der Waals surface area contributed by atoms with Gasteiger partial charge in [-0.25, -0.2) is 15.0 Å². The van der Waals surface area contributed by atoms with Crippen molar-refractivity contribution in [2.75, 3.05) is 0 Å². The van der Waals surface area contributed by atoms with Gasteiger partial charge in [-0.3, -0.25) is 4.98 Å². The molecule has 0 aliphatic rings. The van der Waals surface area contributed by atoms with Gasteiger partial charge in [0.25, 0.3) is 0 Å². The molecule has 0 amide bonds. The van der Waals surface area contributed by atoms with Crippen molar-refractivity contribution in [1.82, 2.24) is 24.5 Å². The molecule has 0 aliphatic heterocycles. The number of thiazole rings is 1. The molecule has 0 aromatic carbocycles. The lowest BCUT2D eigenvalue weighted by atomic mass is 10.3. The second kappa shape index (κ2) is 6.56. The van der Waals surface area contributed by atoms with Gasteiger partial charge in [0.15, 0.2) is 5.65 Å². The summed E-state index contributed by atoms with van der Waals surface area (Å²) < 4.78 is 2.05. The first-order valence-electron chi connectivity index (χ1n) is 6.83. The van der Waals surface area contributed by atoms with Crippen LogP contribution in [0.5, 0.6) is 0 Å². The highest BCUT2D eigenvalue weighted by Gasteiger charge is 2.11. The summed E-state index contributed by atoms with van der Waals surface area (Å²) in [7, 11) is 0. The maximum atomic E-state index is 4.50. The van der Waals surface area contributed by atoms with E-state index in [9.17, 15) is 0 Å². The number of rotatable bonds is 3. The van der Waals surface area contributed by atoms with Crippen LogP contribution in [0, 0.1) is 6.92 Å². The summed E-state index contributed by atoms with van der Waals surface area (Å²) in [5, 5.41) is 0. The first kappa shape index (κ1) is 14.6. The molecule has 3 heterocycles. The van der Waals surface area contributed by atoms with E-state index < -0.39 is 0 Å². The van der Waals surface area contributed by atoms with Gasteiger partial charge < -0.3 is 4.57 Å². The topological polar surface area (TPSA) is 56.5 Å². The Hall–Kier alpha value is -1.82. The fourth-order valence-electron chi connectivity index (χ4n) is 1.97. The highest BCUT2D eigenvalue weighted by Crippen LogP contribution is 2.17. The molecule has 6 heteroatoms. The van der Waals surface area contributed by atoms with E-state index in [-0.39, 0.29) is 0 Å². The second-order valence-corrected chi connectivity index (χ2v) is 5.05. The highest BCUT2D eigenvalue weighted by molar-refractivity contribution is 7.09. The van der Waals surface area contributed by atoms with Crippen LogP contribution in [-0.4, -0.2) is 24.5 Å². The maximum Gasteiger partial charge on any atom is 0.164 e. The van der Waals surface area contributed by atoms with E-state index in [1.807, 2.05) is 38.8 Å². The minimum Gasteiger partial charge on any atom is -0.310 e. The first-order chi connectivity index (χ1) is 9.78. The van der Waals surface area contributed by atoms with Crippen molar-refractivity contribution in [3.8, 4) is 0 Å². The van der Waals surface area contributed by atoms with Crippen LogP contribution in [0.3, 0.4) is 0 Å². The second-order valence-electron chi connectivity index (χ2n) is 4.08. The van der Waals surface area contributed by atoms with Gasteiger partial charge in [-0.1, -0.05) is 20.8 Å². The number of aryl methyl sites for hydroxylation is 2. The lowest BCUT2D eigenvalue weighted by Crippen LogP contribution is -2.01. The third-order valence-corrected chi connectivity index (χ3v) is 3.56. The van der Waals surface area contributed by atoms with Gasteiger partial charge in [0.2, 0.25) is 0 Å². The Morgan fingerprint density at radius 3 is 2.70 bits per heavy atom. The zero-order chi connectivity index (χ0) is 14.5. The molecule has 0 saturated heterocycles. The van der Waals surface area contributed by atoms with Gasteiger partial charge in [0.1, 0.15) is 11.3 Å². The smallest absolute Gasteiger partial charge is 0.164 e. The van der Waals surface area contributed by atoms with E-state index in [2.05, 4.69) is 31.4 Å². The molecule has 3 rings (SSSR count). The fourth-order valence-corrected chi connectivity index (χ4v) is 2.57. The third kappa shape index (κ3) is 2.85. The summed E-state index contributed by atoms with van der Waals surface area (Å²) in [6, 6.07) is 0. The predicted octanol–water partition coefficient (Wildman–Crippen LogP) is 3.23. The average molecular weight is 289 g/mol. The van der Waals surface area contributed by atoms with Crippen LogP contribution in [0.4, 0.5) is 0 Å². The van der Waals surface area contributed by atoms with E-state index >= 15 is 0 Å². The van der Waals surface area contributed by atoms with Gasteiger partial charge in [-0.15, -0.1) is 11.3 Å². The number of fused-ring (bicyclic) bond motifs is 1. The van der Waals surface area contributed by atoms with Gasteiger partial charge in [-0.05, 0) is 13.3 Å². The van der Waals surface area contributed by atoms with Crippen molar-refractivity contribution in [3.05, 3.63) is 34.4 Å². The summed E-state index contributed by atoms with van der Waals surface area (Å²) in [5.41, 5.74) is 4.67. The van der Waals surface area contributed by atoms with Crippen LogP contribution < -0.4 is 0 Å². The molecular formula is C14H19N5S. The quantitative estimate of drug-likeness (QED) is 0.743. The van der Waals surface area contributed by atoms with E-state index in [0.717, 1.165) is 35.6 Å². The molecule has 0 unspecified atom stereocenters. The summed E-state index contributed by atoms with van der Waals surface area (Å²) in [6.07, 6.45) is 4.58. The maximum absolute atomic E-state index is 4.50. The molecule has 3 aromatic heterocycles. The molecular weight excluding hydrogens is 270 g/mol. The highest BCUT2D eigenvalue weighted by atomic mass is 32.1. The Morgan fingerprint density at radius 1 is 1.25 bits per heavy atom. The predicted molar refractivity (Wildman–Crippen MR) is 82.0 cm³/mol. The van der Waals surface area contributed by atoms with Crippen molar-refractivity contribution >= 4 is 22.5 Å². The van der Waals surface area contributed by atoms with Gasteiger partial charge >= 0.3 is 0 Å². The molecule has 0 aliphatic carbocycles. The zero-order valence-electron chi connectivity index (χ0n) is 12.3. The molecule has 106 valence electrons. The van der Waals surface area contributed by atoms with Gasteiger partial charge in [0.05, 0.1) is 24.1 Å². The zero-order valence-corrected chi connectivity index (χ0v) is 13.1. The molecule has 0 radical (unpaired) electrons. The average Bonchev–Trinajstić information content (AvgIpc) is 3.11. The number of hydrogen-bond acceptors (Lipinski definition) is 5. The van der Waals surface area contributed by atoms with Crippen LogP contribution in [0.25, 0.3) is 11.2 Å². The molecule has 0 spiro atoms. The van der Waals surface area contributed by atoms with Crippen LogP contribution in [-0.2, 0) is 13.0 Å². The minimum atomic E-state index is 0.765. The van der Waals surface area contributed by atoms with Crippen LogP contribution >= 0.6 is 11.3 Å². The normalized spacial score (nSPS) is 10.4. The Balaban J connectivity index is 0.000000704. The molecule has 0 atom stereocenters. The number of hydrogen-bond donors (Lipinski definition) is 0. The minimum absolute atomic E-state index is 0.765. The molecule has 0 saturated carbocycles. The number of aromatic nitrogens is 5. The monoisotopic (exact) mass is 289 g/mol. The van der Waals surface area contributed by atoms with Crippen LogP contribution in [0.15, 0.2) is 18.0 Å². The standard InChI is InChI=1S/C12H13N5S.C2H6/c1-3-10-11-12(16-8(2)15-10)17(6-14-11)5-9-4-13-7-18-9;1-2/h4,6-7H,3,5H2,1-2H3;1-2H3. The summed E-state index contributed by atoms with van der Waals surface area (Å²) >= 11 is 1.64. The summed E-state index contributed by atoms with van der Waals surface area (Å²) in [4.78, 5) is 18.6. The Morgan fingerprint density at radius 2 is 2.05 bits per heavy atom. The molecule has 20 heavy (non-hydrogen) atoms. The van der Waals surface area contributed by atoms with Gasteiger partial charge in [-0.2, -0.15) is 0 Å². The first-order valence-corrected chi connectivity index (χ1v) is 7.71. The molecule has 0 fully saturated rings. The molecule has 0 N–H and O–H groups in total. The van der Waals surface area contributed by atoms with Crippen molar-refractivity contribution in [1.29, 1.82) is 0 Å². The van der Waals surface area contributed by atoms with Crippen LogP contribution in [0.2, 0.25) is 0 Å². The SMILES string of the molecule is CC.CCc1nc(C)nc2c1ncn2Cc1cncs1. The summed E-state index contributed by atoms with van der Waals surface area (Å²) in [5.74, 6) is 0.797. The number of nitrogens with zero attached hydrogens (tertiary/aromatic N) is 5.